The van der Waals surface area contributed by atoms with Crippen LogP contribution in [0.3, 0.4) is 0 Å². The number of ether oxygens (including phenoxy) is 1. The van der Waals surface area contributed by atoms with Crippen LogP contribution < -0.4 is 15.8 Å². The lowest BCUT2D eigenvalue weighted by molar-refractivity contribution is 0.0940. The molecule has 3 N–H and O–H groups in total. The summed E-state index contributed by atoms with van der Waals surface area (Å²) in [5.41, 5.74) is 6.75. The van der Waals surface area contributed by atoms with E-state index in [0.717, 1.165) is 12.2 Å². The summed E-state index contributed by atoms with van der Waals surface area (Å²) < 4.78 is 5.10. The minimum atomic E-state index is -0.146. The van der Waals surface area contributed by atoms with Gasteiger partial charge in [0.2, 0.25) is 0 Å². The van der Waals surface area contributed by atoms with Crippen LogP contribution in [0.1, 0.15) is 23.7 Å². The molecule has 100 valence electrons. The van der Waals surface area contributed by atoms with Crippen molar-refractivity contribution >= 4 is 23.4 Å². The Balaban J connectivity index is 2.82. The molecular weight excluding hydrogens is 248 g/mol. The topological polar surface area (TPSA) is 64.3 Å². The van der Waals surface area contributed by atoms with Crippen molar-refractivity contribution in [3.63, 3.8) is 0 Å². The molecule has 0 radical (unpaired) electrons. The molecule has 1 unspecified atom stereocenters. The normalized spacial score (nSPS) is 11.9. The molecule has 1 amide bonds. The molecule has 0 saturated carbocycles. The van der Waals surface area contributed by atoms with E-state index in [1.54, 1.807) is 37.1 Å². The van der Waals surface area contributed by atoms with Crippen molar-refractivity contribution in [1.29, 1.82) is 0 Å². The van der Waals surface area contributed by atoms with Gasteiger partial charge in [-0.1, -0.05) is 6.92 Å². The molecule has 1 rings (SSSR count). The van der Waals surface area contributed by atoms with Gasteiger partial charge in [-0.25, -0.2) is 0 Å². The Morgan fingerprint density at radius 1 is 1.56 bits per heavy atom. The third-order valence-corrected chi connectivity index (χ3v) is 3.44. The Hall–Kier alpha value is -1.36. The highest BCUT2D eigenvalue weighted by Gasteiger charge is 2.14. The summed E-state index contributed by atoms with van der Waals surface area (Å²) in [5.74, 6) is 1.38. The number of methoxy groups -OCH3 is 1. The second kappa shape index (κ2) is 7.16. The molecule has 0 bridgehead atoms. The van der Waals surface area contributed by atoms with Gasteiger partial charge in [0.15, 0.2) is 0 Å². The molecule has 1 aromatic carbocycles. The second-order valence-electron chi connectivity index (χ2n) is 3.99. The number of benzene rings is 1. The lowest BCUT2D eigenvalue weighted by Gasteiger charge is -2.16. The van der Waals surface area contributed by atoms with E-state index >= 15 is 0 Å². The first-order chi connectivity index (χ1) is 8.62. The molecule has 0 aliphatic rings. The summed E-state index contributed by atoms with van der Waals surface area (Å²) in [5, 5.41) is 2.98. The fourth-order valence-electron chi connectivity index (χ4n) is 1.58. The maximum atomic E-state index is 12.1. The fourth-order valence-corrected chi connectivity index (χ4v) is 2.31. The van der Waals surface area contributed by atoms with E-state index in [0.29, 0.717) is 17.0 Å². The Labute approximate surface area is 112 Å². The van der Waals surface area contributed by atoms with Gasteiger partial charge >= 0.3 is 0 Å². The number of rotatable bonds is 6. The first-order valence-corrected chi connectivity index (χ1v) is 7.25. The number of anilines is 1. The molecule has 0 spiro atoms. The Morgan fingerprint density at radius 3 is 2.83 bits per heavy atom. The predicted octanol–water partition coefficient (Wildman–Crippen LogP) is 2.15. The Morgan fingerprint density at radius 2 is 2.28 bits per heavy atom. The van der Waals surface area contributed by atoms with Gasteiger partial charge in [-0.05, 0) is 30.9 Å². The van der Waals surface area contributed by atoms with Gasteiger partial charge in [0, 0.05) is 17.5 Å². The largest absolute Gasteiger partial charge is 0.497 e. The number of nitrogens with two attached hydrogens (primary N) is 1. The zero-order chi connectivity index (χ0) is 13.5. The summed E-state index contributed by atoms with van der Waals surface area (Å²) in [6.45, 7) is 2.05. The molecule has 4 nitrogen and oxygen atoms in total. The van der Waals surface area contributed by atoms with Crippen LogP contribution in [0.2, 0.25) is 0 Å². The molecule has 0 fully saturated rings. The highest BCUT2D eigenvalue weighted by Crippen LogP contribution is 2.19. The number of thioether (sulfide) groups is 1. The molecule has 18 heavy (non-hydrogen) atoms. The number of nitrogens with one attached hydrogen (secondary N) is 1. The second-order valence-corrected chi connectivity index (χ2v) is 4.90. The van der Waals surface area contributed by atoms with E-state index in [2.05, 4.69) is 12.2 Å². The third-order valence-electron chi connectivity index (χ3n) is 2.70. The average molecular weight is 268 g/mol. The van der Waals surface area contributed by atoms with Crippen LogP contribution in [0.4, 0.5) is 5.69 Å². The highest BCUT2D eigenvalue weighted by atomic mass is 32.2. The van der Waals surface area contributed by atoms with Gasteiger partial charge < -0.3 is 15.8 Å². The van der Waals surface area contributed by atoms with E-state index in [1.807, 2.05) is 6.26 Å². The van der Waals surface area contributed by atoms with Crippen LogP contribution in [0, 0.1) is 0 Å². The number of amides is 1. The summed E-state index contributed by atoms with van der Waals surface area (Å²) in [6.07, 6.45) is 2.92. The highest BCUT2D eigenvalue weighted by molar-refractivity contribution is 7.98. The SMILES string of the molecule is CCC(CSC)NC(=O)c1cc(OC)ccc1N. The zero-order valence-corrected chi connectivity index (χ0v) is 11.8. The van der Waals surface area contributed by atoms with Crippen LogP contribution in [0.15, 0.2) is 18.2 Å². The number of carbonyl (C=O) groups excluding carboxylic acids is 1. The van der Waals surface area contributed by atoms with E-state index in [-0.39, 0.29) is 11.9 Å². The van der Waals surface area contributed by atoms with Crippen molar-refractivity contribution in [3.8, 4) is 5.75 Å². The molecule has 1 atom stereocenters. The fraction of sp³-hybridized carbons (Fsp3) is 0.462. The first kappa shape index (κ1) is 14.7. The van der Waals surface area contributed by atoms with Gasteiger partial charge in [0.05, 0.1) is 12.7 Å². The lowest BCUT2D eigenvalue weighted by Crippen LogP contribution is -2.36. The van der Waals surface area contributed by atoms with Gasteiger partial charge in [0.1, 0.15) is 5.75 Å². The van der Waals surface area contributed by atoms with Crippen LogP contribution in [0.25, 0.3) is 0 Å². The maximum absolute atomic E-state index is 12.1. The molecule has 0 aliphatic heterocycles. The number of nitrogen functional groups attached to an aromatic ring is 1. The van der Waals surface area contributed by atoms with Crippen molar-refractivity contribution in [2.24, 2.45) is 0 Å². The van der Waals surface area contributed by atoms with Crippen molar-refractivity contribution in [1.82, 2.24) is 5.32 Å². The molecular formula is C13H20N2O2S. The summed E-state index contributed by atoms with van der Waals surface area (Å²) in [6, 6.07) is 5.25. The first-order valence-electron chi connectivity index (χ1n) is 5.85. The number of hydrogen-bond acceptors (Lipinski definition) is 4. The van der Waals surface area contributed by atoms with Gasteiger partial charge in [-0.15, -0.1) is 0 Å². The van der Waals surface area contributed by atoms with Gasteiger partial charge in [-0.2, -0.15) is 11.8 Å². The van der Waals surface area contributed by atoms with E-state index < -0.39 is 0 Å². The number of hydrogen-bond donors (Lipinski definition) is 2. The smallest absolute Gasteiger partial charge is 0.253 e. The molecule has 5 heteroatoms. The van der Waals surface area contributed by atoms with E-state index in [9.17, 15) is 4.79 Å². The molecule has 0 aromatic heterocycles. The standard InChI is InChI=1S/C13H20N2O2S/c1-4-9(8-18-3)15-13(16)11-7-10(17-2)5-6-12(11)14/h5-7,9H,4,8,14H2,1-3H3,(H,15,16). The van der Waals surface area contributed by atoms with Crippen molar-refractivity contribution in [3.05, 3.63) is 23.8 Å². The minimum absolute atomic E-state index is 0.146. The molecule has 1 aromatic rings. The van der Waals surface area contributed by atoms with Gasteiger partial charge in [0.25, 0.3) is 5.91 Å². The zero-order valence-electron chi connectivity index (χ0n) is 11.0. The third kappa shape index (κ3) is 3.84. The summed E-state index contributed by atoms with van der Waals surface area (Å²) in [4.78, 5) is 12.1. The predicted molar refractivity (Wildman–Crippen MR) is 77.3 cm³/mol. The van der Waals surface area contributed by atoms with Crippen LogP contribution in [0.5, 0.6) is 5.75 Å². The minimum Gasteiger partial charge on any atom is -0.497 e. The number of carbonyl (C=O) groups is 1. The molecule has 0 aliphatic carbocycles. The monoisotopic (exact) mass is 268 g/mol. The Bertz CT molecular complexity index is 410. The lowest BCUT2D eigenvalue weighted by atomic mass is 10.1. The summed E-state index contributed by atoms with van der Waals surface area (Å²) >= 11 is 1.71. The van der Waals surface area contributed by atoms with Crippen LogP contribution in [-0.2, 0) is 0 Å². The van der Waals surface area contributed by atoms with E-state index in [4.69, 9.17) is 10.5 Å². The van der Waals surface area contributed by atoms with Crippen molar-refractivity contribution < 1.29 is 9.53 Å². The average Bonchev–Trinajstić information content (AvgIpc) is 2.38. The molecule has 0 heterocycles. The van der Waals surface area contributed by atoms with Crippen molar-refractivity contribution in [2.75, 3.05) is 24.9 Å². The van der Waals surface area contributed by atoms with Crippen LogP contribution in [-0.4, -0.2) is 31.1 Å². The Kier molecular flexibility index (Phi) is 5.85. The quantitative estimate of drug-likeness (QED) is 0.776. The van der Waals surface area contributed by atoms with Crippen molar-refractivity contribution in [2.45, 2.75) is 19.4 Å². The maximum Gasteiger partial charge on any atom is 0.253 e. The van der Waals surface area contributed by atoms with Gasteiger partial charge in [-0.3, -0.25) is 4.79 Å². The van der Waals surface area contributed by atoms with E-state index in [1.165, 1.54) is 0 Å². The summed E-state index contributed by atoms with van der Waals surface area (Å²) in [7, 11) is 1.57. The van der Waals surface area contributed by atoms with Crippen LogP contribution >= 0.6 is 11.8 Å². The molecule has 0 saturated heterocycles.